The standard InChI is InChI=1S/C25H37FN4O2/c1-5-24-22(14-20-8-6-7-9-23(20)26)25(28-19(4)27-24)30-12-10-29(11-13-30)15-21(31)17-32-16-18(2)3/h6-9,18,21,31H,5,10-17H2,1-4H3. The molecule has 0 spiro atoms. The summed E-state index contributed by atoms with van der Waals surface area (Å²) in [6, 6.07) is 6.92. The zero-order valence-electron chi connectivity index (χ0n) is 19.9. The molecule has 1 N–H and O–H groups in total. The zero-order chi connectivity index (χ0) is 23.1. The van der Waals surface area contributed by atoms with Crippen molar-refractivity contribution in [1.29, 1.82) is 0 Å². The normalized spacial score (nSPS) is 16.0. The van der Waals surface area contributed by atoms with Crippen molar-refractivity contribution in [3.63, 3.8) is 0 Å². The van der Waals surface area contributed by atoms with Gasteiger partial charge in [0.2, 0.25) is 0 Å². The van der Waals surface area contributed by atoms with E-state index in [0.29, 0.717) is 37.7 Å². The number of hydrogen-bond donors (Lipinski definition) is 1. The number of ether oxygens (including phenoxy) is 1. The number of rotatable bonds is 10. The molecule has 2 aromatic rings. The van der Waals surface area contributed by atoms with E-state index in [1.165, 1.54) is 6.07 Å². The van der Waals surface area contributed by atoms with Gasteiger partial charge in [-0.05, 0) is 30.9 Å². The molecule has 0 aliphatic carbocycles. The summed E-state index contributed by atoms with van der Waals surface area (Å²) in [6.07, 6.45) is 0.783. The topological polar surface area (TPSA) is 61.7 Å². The average molecular weight is 445 g/mol. The molecule has 1 aliphatic heterocycles. The summed E-state index contributed by atoms with van der Waals surface area (Å²) in [6.45, 7) is 13.1. The maximum atomic E-state index is 14.4. The highest BCUT2D eigenvalue weighted by molar-refractivity contribution is 5.52. The number of nitrogens with zero attached hydrogens (tertiary/aromatic N) is 4. The second-order valence-corrected chi connectivity index (χ2v) is 9.01. The molecule has 176 valence electrons. The van der Waals surface area contributed by atoms with E-state index in [1.54, 1.807) is 6.07 Å². The summed E-state index contributed by atoms with van der Waals surface area (Å²) in [5.74, 6) is 1.93. The number of aliphatic hydroxyl groups is 1. The molecule has 1 fully saturated rings. The third kappa shape index (κ3) is 6.70. The molecule has 32 heavy (non-hydrogen) atoms. The summed E-state index contributed by atoms with van der Waals surface area (Å²) in [5, 5.41) is 10.3. The van der Waals surface area contributed by atoms with Gasteiger partial charge in [-0.2, -0.15) is 0 Å². The van der Waals surface area contributed by atoms with Crippen LogP contribution in [0.5, 0.6) is 0 Å². The third-order valence-electron chi connectivity index (χ3n) is 5.74. The van der Waals surface area contributed by atoms with Crippen LogP contribution in [-0.4, -0.2) is 72.0 Å². The fourth-order valence-corrected chi connectivity index (χ4v) is 4.14. The highest BCUT2D eigenvalue weighted by Gasteiger charge is 2.24. The molecule has 1 aliphatic rings. The number of aliphatic hydroxyl groups excluding tert-OH is 1. The molecular formula is C25H37FN4O2. The highest BCUT2D eigenvalue weighted by Crippen LogP contribution is 2.26. The lowest BCUT2D eigenvalue weighted by molar-refractivity contribution is 0.00745. The van der Waals surface area contributed by atoms with Gasteiger partial charge in [-0.15, -0.1) is 0 Å². The van der Waals surface area contributed by atoms with Gasteiger partial charge < -0.3 is 14.7 Å². The summed E-state index contributed by atoms with van der Waals surface area (Å²) < 4.78 is 19.9. The van der Waals surface area contributed by atoms with Gasteiger partial charge in [0, 0.05) is 57.0 Å². The number of halogens is 1. The molecule has 0 bridgehead atoms. The van der Waals surface area contributed by atoms with Crippen LogP contribution in [0.4, 0.5) is 10.2 Å². The molecule has 1 aromatic carbocycles. The molecule has 3 rings (SSSR count). The first-order valence-corrected chi connectivity index (χ1v) is 11.7. The van der Waals surface area contributed by atoms with E-state index in [9.17, 15) is 9.50 Å². The zero-order valence-corrected chi connectivity index (χ0v) is 19.9. The lowest BCUT2D eigenvalue weighted by atomic mass is 10.0. The van der Waals surface area contributed by atoms with Crippen molar-refractivity contribution in [3.8, 4) is 0 Å². The van der Waals surface area contributed by atoms with Crippen molar-refractivity contribution in [1.82, 2.24) is 14.9 Å². The molecule has 1 atom stereocenters. The lowest BCUT2D eigenvalue weighted by Gasteiger charge is -2.37. The number of aromatic nitrogens is 2. The minimum absolute atomic E-state index is 0.195. The summed E-state index contributed by atoms with van der Waals surface area (Å²) in [7, 11) is 0. The van der Waals surface area contributed by atoms with E-state index >= 15 is 0 Å². The number of β-amino-alcohol motifs (C(OH)–C–C–N with tert-alkyl or cyclic N) is 1. The van der Waals surface area contributed by atoms with Crippen LogP contribution in [0.1, 0.15) is 43.4 Å². The maximum Gasteiger partial charge on any atom is 0.136 e. The van der Waals surface area contributed by atoms with E-state index in [-0.39, 0.29) is 5.82 Å². The molecule has 7 heteroatoms. The van der Waals surface area contributed by atoms with Crippen molar-refractivity contribution in [2.45, 2.75) is 46.6 Å². The lowest BCUT2D eigenvalue weighted by Crippen LogP contribution is -2.49. The molecule has 0 amide bonds. The van der Waals surface area contributed by atoms with Crippen LogP contribution in [0.3, 0.4) is 0 Å². The number of hydrogen-bond acceptors (Lipinski definition) is 6. The van der Waals surface area contributed by atoms with Gasteiger partial charge >= 0.3 is 0 Å². The van der Waals surface area contributed by atoms with Gasteiger partial charge in [0.05, 0.1) is 12.7 Å². The number of piperazine rings is 1. The third-order valence-corrected chi connectivity index (χ3v) is 5.74. The smallest absolute Gasteiger partial charge is 0.136 e. The van der Waals surface area contributed by atoms with Crippen LogP contribution >= 0.6 is 0 Å². The predicted octanol–water partition coefficient (Wildman–Crippen LogP) is 3.23. The SMILES string of the molecule is CCc1nc(C)nc(N2CCN(CC(O)COCC(C)C)CC2)c1Cc1ccccc1F. The molecule has 6 nitrogen and oxygen atoms in total. The Kier molecular flexibility index (Phi) is 8.96. The first kappa shape index (κ1) is 24.6. The van der Waals surface area contributed by atoms with Gasteiger partial charge in [-0.25, -0.2) is 14.4 Å². The van der Waals surface area contributed by atoms with Crippen molar-refractivity contribution in [3.05, 3.63) is 52.7 Å². The highest BCUT2D eigenvalue weighted by atomic mass is 19.1. The summed E-state index contributed by atoms with van der Waals surface area (Å²) >= 11 is 0. The van der Waals surface area contributed by atoms with E-state index in [0.717, 1.165) is 55.5 Å². The molecule has 0 saturated carbocycles. The minimum atomic E-state index is -0.482. The first-order chi connectivity index (χ1) is 15.4. The van der Waals surface area contributed by atoms with Gasteiger partial charge in [0.15, 0.2) is 0 Å². The maximum absolute atomic E-state index is 14.4. The Morgan fingerprint density at radius 3 is 2.47 bits per heavy atom. The fourth-order valence-electron chi connectivity index (χ4n) is 4.14. The van der Waals surface area contributed by atoms with Crippen molar-refractivity contribution >= 4 is 5.82 Å². The molecule has 1 aromatic heterocycles. The van der Waals surface area contributed by atoms with Crippen LogP contribution in [0.25, 0.3) is 0 Å². The Labute approximate surface area is 191 Å². The van der Waals surface area contributed by atoms with E-state index in [2.05, 4.69) is 35.6 Å². The van der Waals surface area contributed by atoms with Crippen molar-refractivity contribution < 1.29 is 14.2 Å². The Morgan fingerprint density at radius 2 is 1.81 bits per heavy atom. The Morgan fingerprint density at radius 1 is 1.09 bits per heavy atom. The van der Waals surface area contributed by atoms with Gasteiger partial charge in [0.25, 0.3) is 0 Å². The van der Waals surface area contributed by atoms with Crippen LogP contribution in [0, 0.1) is 18.7 Å². The largest absolute Gasteiger partial charge is 0.389 e. The van der Waals surface area contributed by atoms with E-state index in [1.807, 2.05) is 19.1 Å². The molecule has 1 unspecified atom stereocenters. The van der Waals surface area contributed by atoms with Crippen LogP contribution < -0.4 is 4.90 Å². The van der Waals surface area contributed by atoms with Gasteiger partial charge in [-0.1, -0.05) is 39.0 Å². The van der Waals surface area contributed by atoms with E-state index < -0.39 is 6.10 Å². The second kappa shape index (κ2) is 11.7. The molecule has 2 heterocycles. The number of aryl methyl sites for hydroxylation is 2. The van der Waals surface area contributed by atoms with Crippen LogP contribution in [0.15, 0.2) is 24.3 Å². The Balaban J connectivity index is 1.68. The predicted molar refractivity (Wildman–Crippen MR) is 126 cm³/mol. The van der Waals surface area contributed by atoms with Crippen LogP contribution in [0.2, 0.25) is 0 Å². The number of anilines is 1. The monoisotopic (exact) mass is 444 g/mol. The van der Waals surface area contributed by atoms with E-state index in [4.69, 9.17) is 9.72 Å². The van der Waals surface area contributed by atoms with Gasteiger partial charge in [0.1, 0.15) is 17.5 Å². The van der Waals surface area contributed by atoms with Crippen molar-refractivity contribution in [2.75, 3.05) is 50.8 Å². The Bertz CT molecular complexity index is 869. The average Bonchev–Trinajstić information content (AvgIpc) is 2.76. The summed E-state index contributed by atoms with van der Waals surface area (Å²) in [4.78, 5) is 14.0. The first-order valence-electron chi connectivity index (χ1n) is 11.7. The summed E-state index contributed by atoms with van der Waals surface area (Å²) in [5.41, 5.74) is 2.66. The quantitative estimate of drug-likeness (QED) is 0.607. The van der Waals surface area contributed by atoms with Gasteiger partial charge in [-0.3, -0.25) is 4.90 Å². The molecule has 0 radical (unpaired) electrons. The molecule has 1 saturated heterocycles. The molecular weight excluding hydrogens is 407 g/mol. The number of benzene rings is 1. The fraction of sp³-hybridized carbons (Fsp3) is 0.600. The Hall–Kier alpha value is -2.09. The minimum Gasteiger partial charge on any atom is -0.389 e. The van der Waals surface area contributed by atoms with Crippen molar-refractivity contribution in [2.24, 2.45) is 5.92 Å². The second-order valence-electron chi connectivity index (χ2n) is 9.01. The van der Waals surface area contributed by atoms with Crippen LogP contribution in [-0.2, 0) is 17.6 Å².